The van der Waals surface area contributed by atoms with Gasteiger partial charge in [0.1, 0.15) is 19.0 Å². The lowest BCUT2D eigenvalue weighted by Crippen LogP contribution is -2.15. The maximum Gasteiger partial charge on any atom is 0.163 e. The van der Waals surface area contributed by atoms with Crippen LogP contribution in [0.5, 0.6) is 11.5 Å². The summed E-state index contributed by atoms with van der Waals surface area (Å²) in [5.74, 6) is 3.76. The zero-order valence-corrected chi connectivity index (χ0v) is 15.7. The summed E-state index contributed by atoms with van der Waals surface area (Å²) in [7, 11) is 0. The van der Waals surface area contributed by atoms with Gasteiger partial charge in [0.15, 0.2) is 27.4 Å². The van der Waals surface area contributed by atoms with Gasteiger partial charge in [0.25, 0.3) is 0 Å². The van der Waals surface area contributed by atoms with Crippen molar-refractivity contribution in [2.45, 2.75) is 12.7 Å². The Bertz CT molecular complexity index is 949. The maximum absolute atomic E-state index is 6.05. The van der Waals surface area contributed by atoms with Crippen molar-refractivity contribution in [3.8, 4) is 22.3 Å². The molecule has 0 saturated carbocycles. The zero-order chi connectivity index (χ0) is 17.9. The Morgan fingerprint density at radius 3 is 2.88 bits per heavy atom. The number of aryl methyl sites for hydroxylation is 1. The van der Waals surface area contributed by atoms with Crippen molar-refractivity contribution in [3.63, 3.8) is 0 Å². The topological polar surface area (TPSA) is 82.9 Å². The first-order valence-electron chi connectivity index (χ1n) is 8.05. The molecule has 3 heterocycles. The third kappa shape index (κ3) is 3.86. The van der Waals surface area contributed by atoms with Gasteiger partial charge < -0.3 is 19.6 Å². The second kappa shape index (κ2) is 7.43. The molecule has 6 nitrogen and oxygen atoms in total. The molecule has 0 bridgehead atoms. The quantitative estimate of drug-likeness (QED) is 0.529. The molecule has 1 aliphatic rings. The minimum absolute atomic E-state index is 0.477. The third-order valence-electron chi connectivity index (χ3n) is 3.64. The summed E-state index contributed by atoms with van der Waals surface area (Å²) in [6, 6.07) is 9.42. The van der Waals surface area contributed by atoms with Crippen molar-refractivity contribution in [3.05, 3.63) is 47.2 Å². The summed E-state index contributed by atoms with van der Waals surface area (Å²) in [5, 5.41) is 3.36. The van der Waals surface area contributed by atoms with Crippen LogP contribution in [0.1, 0.15) is 11.5 Å². The van der Waals surface area contributed by atoms with Gasteiger partial charge in [-0.3, -0.25) is 0 Å². The van der Waals surface area contributed by atoms with E-state index in [4.69, 9.17) is 19.6 Å². The summed E-state index contributed by atoms with van der Waals surface area (Å²) < 4.78 is 16.7. The van der Waals surface area contributed by atoms with Gasteiger partial charge in [-0.05, 0) is 31.2 Å². The van der Waals surface area contributed by atoms with E-state index in [1.54, 1.807) is 11.3 Å². The fourth-order valence-corrected chi connectivity index (χ4v) is 3.94. The molecule has 2 N–H and O–H groups in total. The fourth-order valence-electron chi connectivity index (χ4n) is 2.44. The molecule has 0 radical (unpaired) electrons. The summed E-state index contributed by atoms with van der Waals surface area (Å²) in [6.45, 7) is 3.04. The molecule has 0 saturated heterocycles. The molecule has 0 unspecified atom stereocenters. The Kier molecular flexibility index (Phi) is 4.85. The summed E-state index contributed by atoms with van der Waals surface area (Å²) in [4.78, 5) is 9.02. The van der Waals surface area contributed by atoms with Gasteiger partial charge in [0.2, 0.25) is 0 Å². The smallest absolute Gasteiger partial charge is 0.163 e. The number of furan rings is 1. The number of amidine groups is 1. The number of fused-ring (bicyclic) bond motifs is 1. The molecule has 2 aromatic heterocycles. The van der Waals surface area contributed by atoms with Gasteiger partial charge in [-0.15, -0.1) is 11.3 Å². The molecule has 0 spiro atoms. The maximum atomic E-state index is 6.05. The van der Waals surface area contributed by atoms with Crippen LogP contribution >= 0.6 is 23.1 Å². The molecular formula is C18H17N3O3S2. The molecule has 4 rings (SSSR count). The predicted molar refractivity (Wildman–Crippen MR) is 105 cm³/mol. The highest BCUT2D eigenvalue weighted by Gasteiger charge is 2.12. The minimum Gasteiger partial charge on any atom is -0.486 e. The molecule has 1 aromatic carbocycles. The van der Waals surface area contributed by atoms with E-state index in [9.17, 15) is 0 Å². The van der Waals surface area contributed by atoms with E-state index in [0.29, 0.717) is 29.9 Å². The number of aliphatic imine (C=N–C) groups is 1. The van der Waals surface area contributed by atoms with Gasteiger partial charge in [-0.1, -0.05) is 11.8 Å². The van der Waals surface area contributed by atoms with E-state index in [1.165, 1.54) is 11.8 Å². The first kappa shape index (κ1) is 17.0. The summed E-state index contributed by atoms with van der Waals surface area (Å²) in [5.41, 5.74) is 7.74. The Hall–Kier alpha value is -2.45. The number of nitrogens with two attached hydrogens (primary N) is 1. The van der Waals surface area contributed by atoms with E-state index in [2.05, 4.69) is 9.98 Å². The van der Waals surface area contributed by atoms with E-state index < -0.39 is 0 Å². The highest BCUT2D eigenvalue weighted by molar-refractivity contribution is 8.13. The monoisotopic (exact) mass is 387 g/mol. The number of nitrogens with zero attached hydrogens (tertiary/aromatic N) is 2. The normalized spacial score (nSPS) is 13.8. The number of ether oxygens (including phenoxy) is 2. The lowest BCUT2D eigenvalue weighted by molar-refractivity contribution is 0.171. The van der Waals surface area contributed by atoms with Crippen LogP contribution in [0.3, 0.4) is 0 Å². The average Bonchev–Trinajstić information content (AvgIpc) is 3.29. The molecule has 26 heavy (non-hydrogen) atoms. The van der Waals surface area contributed by atoms with Crippen LogP contribution in [0, 0.1) is 6.92 Å². The number of hydrogen-bond acceptors (Lipinski definition) is 7. The Labute approximate surface area is 159 Å². The third-order valence-corrected chi connectivity index (χ3v) is 5.37. The van der Waals surface area contributed by atoms with Crippen molar-refractivity contribution < 1.29 is 13.9 Å². The summed E-state index contributed by atoms with van der Waals surface area (Å²) in [6.07, 6.45) is 0. The number of thiazole rings is 1. The highest BCUT2D eigenvalue weighted by Crippen LogP contribution is 2.34. The Morgan fingerprint density at radius 1 is 1.23 bits per heavy atom. The zero-order valence-electron chi connectivity index (χ0n) is 14.1. The second-order valence-electron chi connectivity index (χ2n) is 5.62. The van der Waals surface area contributed by atoms with Crippen LogP contribution in [0.4, 0.5) is 5.69 Å². The molecule has 134 valence electrons. The number of aromatic nitrogens is 1. The van der Waals surface area contributed by atoms with Crippen LogP contribution in [0.2, 0.25) is 0 Å². The molecule has 0 fully saturated rings. The average molecular weight is 387 g/mol. The highest BCUT2D eigenvalue weighted by atomic mass is 32.2. The van der Waals surface area contributed by atoms with Gasteiger partial charge in [-0.2, -0.15) is 0 Å². The molecule has 0 atom stereocenters. The SMILES string of the molecule is Cc1ccc(-c2nc(CSC(N)=Nc3ccc4c(c3)OCCO4)cs2)o1. The van der Waals surface area contributed by atoms with E-state index in [-0.39, 0.29) is 0 Å². The first-order chi connectivity index (χ1) is 12.7. The van der Waals surface area contributed by atoms with Crippen LogP contribution < -0.4 is 15.2 Å². The lowest BCUT2D eigenvalue weighted by Gasteiger charge is -2.18. The van der Waals surface area contributed by atoms with Crippen LogP contribution in [-0.2, 0) is 5.75 Å². The number of rotatable bonds is 4. The standard InChI is InChI=1S/C18H17N3O3S2/c1-11-2-4-15(24-11)17-20-13(9-25-17)10-26-18(19)21-12-3-5-14-16(8-12)23-7-6-22-14/h2-5,8-9H,6-7,10H2,1H3,(H2,19,21). The van der Waals surface area contributed by atoms with Crippen molar-refractivity contribution >= 4 is 34.0 Å². The summed E-state index contributed by atoms with van der Waals surface area (Å²) >= 11 is 3.00. The van der Waals surface area contributed by atoms with E-state index in [0.717, 1.165) is 33.7 Å². The van der Waals surface area contributed by atoms with Crippen LogP contribution in [0.25, 0.3) is 10.8 Å². The molecule has 3 aromatic rings. The molecule has 1 aliphatic heterocycles. The van der Waals surface area contributed by atoms with Crippen molar-refractivity contribution in [2.24, 2.45) is 10.7 Å². The van der Waals surface area contributed by atoms with Gasteiger partial charge in [0.05, 0.1) is 11.4 Å². The van der Waals surface area contributed by atoms with E-state index >= 15 is 0 Å². The lowest BCUT2D eigenvalue weighted by atomic mass is 10.2. The number of hydrogen-bond donors (Lipinski definition) is 1. The van der Waals surface area contributed by atoms with Crippen molar-refractivity contribution in [2.75, 3.05) is 13.2 Å². The fraction of sp³-hybridized carbons (Fsp3) is 0.222. The Balaban J connectivity index is 1.40. The number of benzene rings is 1. The minimum atomic E-state index is 0.477. The van der Waals surface area contributed by atoms with Gasteiger partial charge in [-0.25, -0.2) is 9.98 Å². The Morgan fingerprint density at radius 2 is 2.08 bits per heavy atom. The first-order valence-corrected chi connectivity index (χ1v) is 9.92. The second-order valence-corrected chi connectivity index (χ2v) is 7.47. The molecular weight excluding hydrogens is 370 g/mol. The van der Waals surface area contributed by atoms with Gasteiger partial charge >= 0.3 is 0 Å². The van der Waals surface area contributed by atoms with Crippen molar-refractivity contribution in [1.82, 2.24) is 4.98 Å². The molecule has 8 heteroatoms. The van der Waals surface area contributed by atoms with Crippen LogP contribution in [-0.4, -0.2) is 23.4 Å². The van der Waals surface area contributed by atoms with Crippen LogP contribution in [0.15, 0.2) is 45.1 Å². The van der Waals surface area contributed by atoms with Crippen molar-refractivity contribution in [1.29, 1.82) is 0 Å². The molecule has 0 amide bonds. The predicted octanol–water partition coefficient (Wildman–Crippen LogP) is 4.36. The van der Waals surface area contributed by atoms with Gasteiger partial charge in [0, 0.05) is 17.2 Å². The largest absolute Gasteiger partial charge is 0.486 e. The number of thioether (sulfide) groups is 1. The van der Waals surface area contributed by atoms with E-state index in [1.807, 2.05) is 42.6 Å². The molecule has 0 aliphatic carbocycles.